The van der Waals surface area contributed by atoms with Gasteiger partial charge >= 0.3 is 0 Å². The van der Waals surface area contributed by atoms with E-state index in [4.69, 9.17) is 26.6 Å². The van der Waals surface area contributed by atoms with E-state index in [1.807, 2.05) is 13.8 Å². The Morgan fingerprint density at radius 2 is 2.19 bits per heavy atom. The molecule has 1 saturated heterocycles. The summed E-state index contributed by atoms with van der Waals surface area (Å²) in [7, 11) is 0. The molecule has 0 spiro atoms. The number of hydrogen-bond donors (Lipinski definition) is 0. The molecule has 3 rings (SSSR count). The summed E-state index contributed by atoms with van der Waals surface area (Å²) in [6.45, 7) is 7.37. The van der Waals surface area contributed by atoms with Crippen molar-refractivity contribution in [2.45, 2.75) is 32.2 Å². The molecule has 0 atom stereocenters. The van der Waals surface area contributed by atoms with E-state index in [2.05, 4.69) is 24.9 Å². The molecule has 0 unspecified atom stereocenters. The van der Waals surface area contributed by atoms with E-state index in [9.17, 15) is 0 Å². The number of hydrogen-bond acceptors (Lipinski definition) is 6. The number of ether oxygens (including phenoxy) is 2. The van der Waals surface area contributed by atoms with Gasteiger partial charge in [-0.1, -0.05) is 30.6 Å². The first-order chi connectivity index (χ1) is 13.0. The van der Waals surface area contributed by atoms with Crippen molar-refractivity contribution in [3.05, 3.63) is 39.6 Å². The molecule has 0 amide bonds. The molecule has 27 heavy (non-hydrogen) atoms. The third-order valence-corrected chi connectivity index (χ3v) is 4.80. The summed E-state index contributed by atoms with van der Waals surface area (Å²) in [5, 5.41) is 5.80. The van der Waals surface area contributed by atoms with Crippen LogP contribution in [0.15, 0.2) is 23.6 Å². The van der Waals surface area contributed by atoms with E-state index < -0.39 is 5.54 Å². The zero-order chi connectivity index (χ0) is 19.3. The van der Waals surface area contributed by atoms with Gasteiger partial charge < -0.3 is 9.47 Å². The fourth-order valence-corrected chi connectivity index (χ4v) is 3.26. The summed E-state index contributed by atoms with van der Waals surface area (Å²) in [6.07, 6.45) is 5.55. The maximum Gasteiger partial charge on any atom is 0.222 e. The fourth-order valence-electron chi connectivity index (χ4n) is 3.10. The van der Waals surface area contributed by atoms with Gasteiger partial charge in [-0.25, -0.2) is 9.97 Å². The zero-order valence-electron chi connectivity index (χ0n) is 15.6. The number of aromatic nitrogens is 2. The predicted molar refractivity (Wildman–Crippen MR) is 104 cm³/mol. The van der Waals surface area contributed by atoms with Gasteiger partial charge in [-0.15, -0.1) is 0 Å². The number of pyridine rings is 2. The Balaban J connectivity index is 1.83. The minimum atomic E-state index is -0.771. The van der Waals surface area contributed by atoms with Gasteiger partial charge in [0.15, 0.2) is 0 Å². The Morgan fingerprint density at radius 3 is 3.00 bits per heavy atom. The van der Waals surface area contributed by atoms with Gasteiger partial charge in [-0.2, -0.15) is 0 Å². The molecule has 1 aliphatic rings. The van der Waals surface area contributed by atoms with Crippen molar-refractivity contribution in [2.24, 2.45) is 5.11 Å². The van der Waals surface area contributed by atoms with Crippen LogP contribution in [0.5, 0.6) is 5.88 Å². The summed E-state index contributed by atoms with van der Waals surface area (Å²) >= 11 is 6.10. The lowest BCUT2D eigenvalue weighted by Crippen LogP contribution is -2.30. The Labute approximate surface area is 163 Å². The molecule has 144 valence electrons. The lowest BCUT2D eigenvalue weighted by Gasteiger charge is -2.22. The van der Waals surface area contributed by atoms with Crippen LogP contribution in [0.1, 0.15) is 32.3 Å². The van der Waals surface area contributed by atoms with Crippen molar-refractivity contribution >= 4 is 22.4 Å². The number of nitrogens with zero attached hydrogens (tertiary/aromatic N) is 6. The molecular formula is C18H23ClN6O2. The van der Waals surface area contributed by atoms with E-state index in [0.29, 0.717) is 24.4 Å². The summed E-state index contributed by atoms with van der Waals surface area (Å²) in [6, 6.07) is 1.75. The average Bonchev–Trinajstić information content (AvgIpc) is 2.90. The highest BCUT2D eigenvalue weighted by Crippen LogP contribution is 2.35. The third-order valence-electron chi connectivity index (χ3n) is 4.59. The Hall–Kier alpha value is -2.12. The van der Waals surface area contributed by atoms with Crippen molar-refractivity contribution in [2.75, 3.05) is 33.0 Å². The molecule has 8 nitrogen and oxygen atoms in total. The van der Waals surface area contributed by atoms with Gasteiger partial charge in [0, 0.05) is 37.0 Å². The summed E-state index contributed by atoms with van der Waals surface area (Å²) in [4.78, 5) is 13.8. The second-order valence-electron chi connectivity index (χ2n) is 6.99. The molecule has 0 aromatic carbocycles. The molecule has 2 aromatic heterocycles. The first kappa shape index (κ1) is 19.6. The van der Waals surface area contributed by atoms with Gasteiger partial charge in [0.2, 0.25) is 5.88 Å². The van der Waals surface area contributed by atoms with Crippen LogP contribution in [0.4, 0.5) is 0 Å². The highest BCUT2D eigenvalue weighted by atomic mass is 35.5. The Morgan fingerprint density at radius 1 is 1.33 bits per heavy atom. The number of rotatable bonds is 6. The van der Waals surface area contributed by atoms with E-state index in [1.54, 1.807) is 18.5 Å². The summed E-state index contributed by atoms with van der Waals surface area (Å²) < 4.78 is 11.5. The van der Waals surface area contributed by atoms with Crippen LogP contribution in [-0.4, -0.2) is 47.9 Å². The van der Waals surface area contributed by atoms with Crippen LogP contribution in [0.2, 0.25) is 5.15 Å². The molecule has 0 aliphatic carbocycles. The Kier molecular flexibility index (Phi) is 6.34. The lowest BCUT2D eigenvalue weighted by atomic mass is 9.93. The van der Waals surface area contributed by atoms with Crippen LogP contribution < -0.4 is 4.74 Å². The van der Waals surface area contributed by atoms with Crippen LogP contribution in [-0.2, 0) is 10.3 Å². The third kappa shape index (κ3) is 4.78. The van der Waals surface area contributed by atoms with Crippen molar-refractivity contribution < 1.29 is 9.47 Å². The molecular weight excluding hydrogens is 368 g/mol. The average molecular weight is 391 g/mol. The standard InChI is InChI=1S/C18H23ClN6O2/c1-18(2,23-24-20)15-11-22-17(14-10-21-16(19)9-13(14)15)27-8-6-25-5-3-4-7-26-12-25/h9-11H,3-8,12H2,1-2H3. The van der Waals surface area contributed by atoms with Crippen LogP contribution in [0, 0.1) is 0 Å². The van der Waals surface area contributed by atoms with E-state index in [1.165, 1.54) is 0 Å². The van der Waals surface area contributed by atoms with Crippen molar-refractivity contribution in [3.8, 4) is 5.88 Å². The molecule has 0 saturated carbocycles. The monoisotopic (exact) mass is 390 g/mol. The quantitative estimate of drug-likeness (QED) is 0.317. The van der Waals surface area contributed by atoms with Gasteiger partial charge in [-0.3, -0.25) is 4.90 Å². The molecule has 1 fully saturated rings. The number of azide groups is 1. The first-order valence-corrected chi connectivity index (χ1v) is 9.33. The van der Waals surface area contributed by atoms with Crippen molar-refractivity contribution in [1.82, 2.24) is 14.9 Å². The maximum absolute atomic E-state index is 8.86. The number of fused-ring (bicyclic) bond motifs is 1. The molecule has 1 aliphatic heterocycles. The summed E-state index contributed by atoms with van der Waals surface area (Å²) in [5.74, 6) is 0.491. The molecule has 9 heteroatoms. The van der Waals surface area contributed by atoms with Crippen molar-refractivity contribution in [3.63, 3.8) is 0 Å². The van der Waals surface area contributed by atoms with Gasteiger partial charge in [0.1, 0.15) is 11.8 Å². The normalized spacial score (nSPS) is 16.0. The highest BCUT2D eigenvalue weighted by Gasteiger charge is 2.24. The second kappa shape index (κ2) is 8.71. The Bertz CT molecular complexity index is 845. The van der Waals surface area contributed by atoms with Crippen molar-refractivity contribution in [1.29, 1.82) is 0 Å². The molecule has 0 radical (unpaired) electrons. The van der Waals surface area contributed by atoms with E-state index in [0.717, 1.165) is 48.9 Å². The van der Waals surface area contributed by atoms with Crippen LogP contribution in [0.3, 0.4) is 0 Å². The SMILES string of the molecule is CC(C)(N=[N+]=[N-])c1cnc(OCCN2CCCCOC2)c2cnc(Cl)cc12. The van der Waals surface area contributed by atoms with Crippen LogP contribution in [0.25, 0.3) is 21.2 Å². The van der Waals surface area contributed by atoms with Gasteiger partial charge in [0.05, 0.1) is 17.7 Å². The maximum atomic E-state index is 8.86. The molecule has 2 aromatic rings. The van der Waals surface area contributed by atoms with Gasteiger partial charge in [-0.05, 0) is 35.4 Å². The minimum Gasteiger partial charge on any atom is -0.476 e. The largest absolute Gasteiger partial charge is 0.476 e. The van der Waals surface area contributed by atoms with Gasteiger partial charge in [0.25, 0.3) is 0 Å². The smallest absolute Gasteiger partial charge is 0.222 e. The molecule has 3 heterocycles. The highest BCUT2D eigenvalue weighted by molar-refractivity contribution is 6.30. The van der Waals surface area contributed by atoms with E-state index >= 15 is 0 Å². The molecule has 0 bridgehead atoms. The summed E-state index contributed by atoms with van der Waals surface area (Å²) in [5.41, 5.74) is 8.86. The fraction of sp³-hybridized carbons (Fsp3) is 0.556. The lowest BCUT2D eigenvalue weighted by molar-refractivity contribution is 0.0426. The number of halogens is 1. The van der Waals surface area contributed by atoms with E-state index in [-0.39, 0.29) is 0 Å². The zero-order valence-corrected chi connectivity index (χ0v) is 16.3. The minimum absolute atomic E-state index is 0.361. The molecule has 0 N–H and O–H groups in total. The van der Waals surface area contributed by atoms with Crippen LogP contribution >= 0.6 is 11.6 Å². The topological polar surface area (TPSA) is 96.2 Å². The second-order valence-corrected chi connectivity index (χ2v) is 7.38. The predicted octanol–water partition coefficient (Wildman–Crippen LogP) is 4.28. The first-order valence-electron chi connectivity index (χ1n) is 8.95.